The summed E-state index contributed by atoms with van der Waals surface area (Å²) >= 11 is 0. The van der Waals surface area contributed by atoms with E-state index in [0.29, 0.717) is 29.9 Å². The molecule has 1 heterocycles. The highest BCUT2D eigenvalue weighted by molar-refractivity contribution is 5.79. The van der Waals surface area contributed by atoms with Crippen LogP contribution in [0.25, 0.3) is 0 Å². The molecule has 1 aromatic carbocycles. The maximum Gasteiger partial charge on any atom is 0.318 e. The van der Waals surface area contributed by atoms with Crippen molar-refractivity contribution in [2.24, 2.45) is 23.2 Å². The molecule has 3 atom stereocenters. The normalized spacial score (nSPS) is 43.8. The van der Waals surface area contributed by atoms with E-state index in [2.05, 4.69) is 5.32 Å². The number of halogens is 1. The molecule has 4 saturated carbocycles. The van der Waals surface area contributed by atoms with Crippen LogP contribution in [-0.2, 0) is 5.54 Å². The topological polar surface area (TPSA) is 52.6 Å². The van der Waals surface area contributed by atoms with Gasteiger partial charge in [-0.05, 0) is 68.3 Å². The number of carbonyl (C=O) groups excluding carboxylic acids is 1. The van der Waals surface area contributed by atoms with Gasteiger partial charge in [0.1, 0.15) is 5.82 Å². The summed E-state index contributed by atoms with van der Waals surface area (Å²) in [6.07, 6.45) is 5.55. The smallest absolute Gasteiger partial charge is 0.318 e. The zero-order valence-electron chi connectivity index (χ0n) is 15.2. The Morgan fingerprint density at radius 2 is 1.92 bits per heavy atom. The van der Waals surface area contributed by atoms with Crippen LogP contribution in [0, 0.1) is 29.0 Å². The maximum absolute atomic E-state index is 14.4. The zero-order valence-corrected chi connectivity index (χ0v) is 15.2. The highest BCUT2D eigenvalue weighted by Gasteiger charge is 2.58. The zero-order chi connectivity index (χ0) is 18.1. The number of aliphatic hydroxyl groups is 1. The van der Waals surface area contributed by atoms with Gasteiger partial charge in [-0.25, -0.2) is 9.18 Å². The number of nitrogens with zero attached hydrogens (tertiary/aromatic N) is 1. The van der Waals surface area contributed by atoms with Crippen molar-refractivity contribution in [1.82, 2.24) is 10.2 Å². The Kier molecular flexibility index (Phi) is 3.46. The summed E-state index contributed by atoms with van der Waals surface area (Å²) in [7, 11) is 0. The van der Waals surface area contributed by atoms with Crippen LogP contribution in [0.4, 0.5) is 9.18 Å². The third-order valence-electron chi connectivity index (χ3n) is 7.64. The van der Waals surface area contributed by atoms with Crippen molar-refractivity contribution in [3.63, 3.8) is 0 Å². The number of amides is 2. The summed E-state index contributed by atoms with van der Waals surface area (Å²) in [5.74, 6) is 1.39. The van der Waals surface area contributed by atoms with Crippen LogP contribution in [0.5, 0.6) is 0 Å². The molecule has 5 aliphatic rings. The van der Waals surface area contributed by atoms with Gasteiger partial charge < -0.3 is 15.3 Å². The molecule has 0 spiro atoms. The summed E-state index contributed by atoms with van der Waals surface area (Å²) < 4.78 is 14.4. The predicted octanol–water partition coefficient (Wildman–Crippen LogP) is 3.25. The molecule has 2 amide bonds. The minimum Gasteiger partial charge on any atom is -0.396 e. The van der Waals surface area contributed by atoms with Crippen molar-refractivity contribution >= 4 is 6.03 Å². The molecular weight excluding hydrogens is 331 g/mol. The van der Waals surface area contributed by atoms with E-state index in [4.69, 9.17) is 0 Å². The molecule has 1 saturated heterocycles. The highest BCUT2D eigenvalue weighted by atomic mass is 19.1. The van der Waals surface area contributed by atoms with Crippen molar-refractivity contribution in [3.8, 4) is 0 Å². The molecule has 3 unspecified atom stereocenters. The molecule has 140 valence electrons. The first kappa shape index (κ1) is 16.5. The highest BCUT2D eigenvalue weighted by Crippen LogP contribution is 2.61. The molecule has 0 radical (unpaired) electrons. The molecule has 5 fully saturated rings. The van der Waals surface area contributed by atoms with Gasteiger partial charge in [-0.3, -0.25) is 0 Å². The van der Waals surface area contributed by atoms with Gasteiger partial charge in [0.2, 0.25) is 0 Å². The lowest BCUT2D eigenvalue weighted by atomic mass is 9.48. The van der Waals surface area contributed by atoms with Gasteiger partial charge in [0.25, 0.3) is 0 Å². The number of benzene rings is 1. The van der Waals surface area contributed by atoms with E-state index in [9.17, 15) is 14.3 Å². The van der Waals surface area contributed by atoms with Crippen molar-refractivity contribution in [3.05, 3.63) is 35.6 Å². The van der Waals surface area contributed by atoms with E-state index in [1.807, 2.05) is 17.9 Å². The van der Waals surface area contributed by atoms with E-state index >= 15 is 0 Å². The maximum atomic E-state index is 14.4. The number of aliphatic hydroxyl groups excluding tert-OH is 1. The van der Waals surface area contributed by atoms with Crippen molar-refractivity contribution in [2.45, 2.75) is 50.6 Å². The predicted molar refractivity (Wildman–Crippen MR) is 95.9 cm³/mol. The number of carbonyl (C=O) groups is 1. The van der Waals surface area contributed by atoms with Crippen LogP contribution in [0.3, 0.4) is 0 Å². The van der Waals surface area contributed by atoms with Crippen molar-refractivity contribution in [1.29, 1.82) is 0 Å². The summed E-state index contributed by atoms with van der Waals surface area (Å²) in [5.41, 5.74) is -0.0319. The average Bonchev–Trinajstić information content (AvgIpc) is 2.90. The van der Waals surface area contributed by atoms with E-state index in [-0.39, 0.29) is 29.9 Å². The minimum atomic E-state index is -0.689. The minimum absolute atomic E-state index is 0.0636. The first-order chi connectivity index (χ1) is 12.4. The fourth-order valence-electron chi connectivity index (χ4n) is 6.93. The van der Waals surface area contributed by atoms with E-state index in [1.54, 1.807) is 12.1 Å². The third kappa shape index (κ3) is 2.25. The average molecular weight is 358 g/mol. The summed E-state index contributed by atoms with van der Waals surface area (Å²) in [5, 5.41) is 13.0. The van der Waals surface area contributed by atoms with E-state index < -0.39 is 5.54 Å². The molecule has 5 heteroatoms. The number of urea groups is 1. The Balaban J connectivity index is 1.44. The lowest BCUT2D eigenvalue weighted by Gasteiger charge is -2.61. The quantitative estimate of drug-likeness (QED) is 0.871. The first-order valence-electron chi connectivity index (χ1n) is 9.88. The Labute approximate surface area is 153 Å². The van der Waals surface area contributed by atoms with Gasteiger partial charge in [0.15, 0.2) is 0 Å². The summed E-state index contributed by atoms with van der Waals surface area (Å²) in [6.45, 7) is 2.72. The molecule has 26 heavy (non-hydrogen) atoms. The molecule has 4 bridgehead atoms. The number of hydrogen-bond donors (Lipinski definition) is 2. The van der Waals surface area contributed by atoms with Gasteiger partial charge in [0, 0.05) is 24.8 Å². The van der Waals surface area contributed by atoms with Crippen LogP contribution in [-0.4, -0.2) is 35.2 Å². The van der Waals surface area contributed by atoms with Crippen LogP contribution in [0.15, 0.2) is 24.3 Å². The lowest BCUT2D eigenvalue weighted by molar-refractivity contribution is -0.118. The van der Waals surface area contributed by atoms with Crippen LogP contribution in [0.1, 0.15) is 44.6 Å². The number of nitrogens with one attached hydrogen (secondary N) is 1. The fourth-order valence-corrected chi connectivity index (χ4v) is 6.93. The lowest BCUT2D eigenvalue weighted by Crippen LogP contribution is -2.60. The van der Waals surface area contributed by atoms with Crippen LogP contribution in [0.2, 0.25) is 0 Å². The molecule has 1 aromatic rings. The van der Waals surface area contributed by atoms with Gasteiger partial charge in [0.05, 0.1) is 5.54 Å². The second-order valence-electron chi connectivity index (χ2n) is 9.49. The van der Waals surface area contributed by atoms with Gasteiger partial charge in [-0.2, -0.15) is 0 Å². The third-order valence-corrected chi connectivity index (χ3v) is 7.64. The van der Waals surface area contributed by atoms with Gasteiger partial charge in [-0.1, -0.05) is 18.2 Å². The molecule has 6 rings (SSSR count). The van der Waals surface area contributed by atoms with Gasteiger partial charge in [-0.15, -0.1) is 0 Å². The van der Waals surface area contributed by atoms with Crippen molar-refractivity contribution in [2.75, 3.05) is 13.2 Å². The SMILES string of the molecule is CC1(c2ccccc2F)CN(C2C3CC4CC2CC(CO)(C4)C3)C(=O)N1. The monoisotopic (exact) mass is 358 g/mol. The number of rotatable bonds is 3. The van der Waals surface area contributed by atoms with E-state index in [0.717, 1.165) is 19.3 Å². The Bertz CT molecular complexity index is 737. The number of hydrogen-bond acceptors (Lipinski definition) is 2. The second kappa shape index (κ2) is 5.44. The second-order valence-corrected chi connectivity index (χ2v) is 9.49. The molecule has 4 aliphatic carbocycles. The largest absolute Gasteiger partial charge is 0.396 e. The summed E-state index contributed by atoms with van der Waals surface area (Å²) in [6, 6.07) is 6.92. The Morgan fingerprint density at radius 1 is 1.23 bits per heavy atom. The molecule has 2 N–H and O–H groups in total. The van der Waals surface area contributed by atoms with E-state index in [1.165, 1.54) is 18.9 Å². The Morgan fingerprint density at radius 3 is 2.58 bits per heavy atom. The standard InChI is InChI=1S/C21H27FN2O2/c1-20(16-4-2-3-5-17(16)22)11-24(19(26)23-20)18-14-6-13-7-15(18)10-21(8-13,9-14)12-25/h2-5,13-15,18,25H,6-12H2,1H3,(H,23,26). The molecular formula is C21H27FN2O2. The fraction of sp³-hybridized carbons (Fsp3) is 0.667. The van der Waals surface area contributed by atoms with Gasteiger partial charge >= 0.3 is 6.03 Å². The molecule has 1 aliphatic heterocycles. The van der Waals surface area contributed by atoms with Crippen LogP contribution < -0.4 is 5.32 Å². The van der Waals surface area contributed by atoms with Crippen molar-refractivity contribution < 1.29 is 14.3 Å². The summed E-state index contributed by atoms with van der Waals surface area (Å²) in [4.78, 5) is 14.9. The first-order valence-corrected chi connectivity index (χ1v) is 9.88. The molecule has 4 nitrogen and oxygen atoms in total. The molecule has 0 aromatic heterocycles. The Hall–Kier alpha value is -1.62. The van der Waals surface area contributed by atoms with Crippen LogP contribution >= 0.6 is 0 Å².